The minimum Gasteiger partial charge on any atom is -1.00 e. The number of nitrogens with one attached hydrogen (secondary N) is 1. The Bertz CT molecular complexity index is 2020. The average Bonchev–Trinajstić information content (AvgIpc) is 4.05. The zero-order chi connectivity index (χ0) is 48.1. The summed E-state index contributed by atoms with van der Waals surface area (Å²) in [4.78, 5) is 61.7. The summed E-state index contributed by atoms with van der Waals surface area (Å²) in [5, 5.41) is 39.1. The molecule has 2 fully saturated rings. The lowest BCUT2D eigenvalue weighted by atomic mass is 9.98. The zero-order valence-corrected chi connectivity index (χ0v) is 39.9. The lowest BCUT2D eigenvalue weighted by Crippen LogP contribution is -3.00. The highest BCUT2D eigenvalue weighted by Crippen LogP contribution is 2.26. The molecule has 0 aromatic carbocycles. The van der Waals surface area contributed by atoms with Crippen LogP contribution in [0.1, 0.15) is 87.9 Å². The molecule has 0 aliphatic carbocycles. The van der Waals surface area contributed by atoms with Crippen LogP contribution < -0.4 is 44.7 Å². The first-order valence-electron chi connectivity index (χ1n) is 23.1. The molecule has 0 radical (unpaired) electrons. The van der Waals surface area contributed by atoms with Crippen LogP contribution in [0.25, 0.3) is 0 Å². The van der Waals surface area contributed by atoms with Crippen molar-refractivity contribution in [3.8, 4) is 12.3 Å². The highest BCUT2D eigenvalue weighted by molar-refractivity contribution is 5.81. The number of amides is 2. The number of aliphatic hydroxyl groups excluding tert-OH is 1. The zero-order valence-electron chi connectivity index (χ0n) is 39.1. The van der Waals surface area contributed by atoms with E-state index in [0.29, 0.717) is 141 Å². The van der Waals surface area contributed by atoms with Crippen molar-refractivity contribution in [2.75, 3.05) is 127 Å². The summed E-state index contributed by atoms with van der Waals surface area (Å²) >= 11 is 0. The van der Waals surface area contributed by atoms with Crippen LogP contribution in [0.2, 0.25) is 0 Å². The van der Waals surface area contributed by atoms with Crippen molar-refractivity contribution in [1.82, 2.24) is 54.7 Å². The maximum absolute atomic E-state index is 14.1. The van der Waals surface area contributed by atoms with Gasteiger partial charge in [-0.3, -0.25) is 14.4 Å². The summed E-state index contributed by atoms with van der Waals surface area (Å²) in [5.74, 6) is 2.31. The third-order valence-corrected chi connectivity index (χ3v) is 11.8. The molecule has 0 saturated carbocycles. The number of aliphatic carboxylic acids is 1. The van der Waals surface area contributed by atoms with Gasteiger partial charge in [0.05, 0.1) is 69.8 Å². The Balaban J connectivity index is 0.0000101. The Hall–Kier alpha value is -5.33. The molecule has 3 aromatic rings. The first kappa shape index (κ1) is 55.3. The maximum atomic E-state index is 14.1. The van der Waals surface area contributed by atoms with Gasteiger partial charge >= 0.3 is 5.97 Å². The van der Waals surface area contributed by atoms with Crippen molar-refractivity contribution >= 4 is 35.6 Å². The number of carbonyl (C=O) groups is 3. The topological polar surface area (TPSA) is 322 Å². The second-order valence-electron chi connectivity index (χ2n) is 16.5. The number of terminal acetylenes is 1. The van der Waals surface area contributed by atoms with Crippen molar-refractivity contribution in [2.24, 2.45) is 23.1 Å². The first-order valence-corrected chi connectivity index (χ1v) is 23.1. The van der Waals surface area contributed by atoms with Gasteiger partial charge in [0.15, 0.2) is 0 Å². The average molecular weight is 976 g/mol. The molecule has 5 rings (SSSR count). The fourth-order valence-electron chi connectivity index (χ4n) is 7.52. The third-order valence-electron chi connectivity index (χ3n) is 11.8. The van der Waals surface area contributed by atoms with Crippen LogP contribution in [-0.2, 0) is 28.6 Å². The molecule has 3 aromatic heterocycles. The van der Waals surface area contributed by atoms with E-state index in [-0.39, 0.29) is 62.2 Å². The Morgan fingerprint density at radius 3 is 1.85 bits per heavy atom. The quantitative estimate of drug-likeness (QED) is 0.0285. The molecule has 2 saturated heterocycles. The highest BCUT2D eigenvalue weighted by atomic mass is 35.5. The molecule has 0 spiro atoms. The van der Waals surface area contributed by atoms with E-state index in [1.807, 2.05) is 23.6 Å². The SMILES string of the molecule is C#CCOCCOCCOCCNc1nc(N2CCN(C(=O)[C@H](CCCCN)n3cc(C(N)CO)nn3)CC2)nc(N2CCN(C(=O)[C@H](CCC(=O)O)n3cc(C(N)[C@H](C)CC)nn3)CC2)n1.[Cl-]. The second-order valence-corrected chi connectivity index (χ2v) is 16.5. The number of aliphatic hydroxyl groups is 1. The molecule has 2 aliphatic heterocycles. The number of piperazine rings is 2. The summed E-state index contributed by atoms with van der Waals surface area (Å²) in [7, 11) is 0. The van der Waals surface area contributed by atoms with Crippen molar-refractivity contribution in [3.63, 3.8) is 0 Å². The van der Waals surface area contributed by atoms with Crippen LogP contribution in [0, 0.1) is 18.3 Å². The van der Waals surface area contributed by atoms with Crippen molar-refractivity contribution in [1.29, 1.82) is 0 Å². The molecule has 5 heterocycles. The van der Waals surface area contributed by atoms with E-state index in [1.165, 1.54) is 9.36 Å². The monoisotopic (exact) mass is 975 g/mol. The van der Waals surface area contributed by atoms with Gasteiger partial charge in [-0.15, -0.1) is 16.6 Å². The molecular formula is C42H69ClN17O8-. The van der Waals surface area contributed by atoms with Gasteiger partial charge in [0, 0.05) is 65.3 Å². The Morgan fingerprint density at radius 2 is 1.32 bits per heavy atom. The number of aromatic nitrogens is 9. The number of hydrogen-bond acceptors (Lipinski definition) is 20. The number of nitrogens with zero attached hydrogens (tertiary/aromatic N) is 13. The van der Waals surface area contributed by atoms with Gasteiger partial charge in [-0.1, -0.05) is 36.6 Å². The van der Waals surface area contributed by atoms with Gasteiger partial charge in [0.25, 0.3) is 0 Å². The van der Waals surface area contributed by atoms with E-state index in [9.17, 15) is 24.6 Å². The van der Waals surface area contributed by atoms with Crippen LogP contribution in [0.5, 0.6) is 0 Å². The van der Waals surface area contributed by atoms with Gasteiger partial charge in [0.2, 0.25) is 29.7 Å². The summed E-state index contributed by atoms with van der Waals surface area (Å²) in [6.07, 6.45) is 11.1. The molecule has 9 N–H and O–H groups in total. The smallest absolute Gasteiger partial charge is 0.303 e. The number of nitrogens with two attached hydrogens (primary N) is 3. The second kappa shape index (κ2) is 28.9. The lowest BCUT2D eigenvalue weighted by Gasteiger charge is -2.38. The minimum absolute atomic E-state index is 0. The molecule has 378 valence electrons. The fraction of sp³-hybridized carbons (Fsp3) is 0.714. The van der Waals surface area contributed by atoms with Gasteiger partial charge in [-0.2, -0.15) is 15.0 Å². The van der Waals surface area contributed by atoms with Crippen LogP contribution in [-0.4, -0.2) is 194 Å². The Morgan fingerprint density at radius 1 is 0.794 bits per heavy atom. The number of carboxylic acid groups (broad SMARTS) is 1. The van der Waals surface area contributed by atoms with Crippen molar-refractivity contribution in [3.05, 3.63) is 23.8 Å². The highest BCUT2D eigenvalue weighted by Gasteiger charge is 2.34. The molecule has 26 heteroatoms. The molecular weight excluding hydrogens is 906 g/mol. The van der Waals surface area contributed by atoms with E-state index < -0.39 is 24.1 Å². The largest absolute Gasteiger partial charge is 1.00 e. The molecule has 0 bridgehead atoms. The number of hydrogen-bond donors (Lipinski definition) is 6. The number of carbonyl (C=O) groups excluding carboxylic acids is 2. The number of ether oxygens (including phenoxy) is 3. The van der Waals surface area contributed by atoms with Crippen LogP contribution in [0.3, 0.4) is 0 Å². The van der Waals surface area contributed by atoms with E-state index in [0.717, 1.165) is 12.8 Å². The fourth-order valence-corrected chi connectivity index (χ4v) is 7.52. The minimum atomic E-state index is -1.02. The molecule has 2 unspecified atom stereocenters. The lowest BCUT2D eigenvalue weighted by molar-refractivity contribution is -0.139. The number of anilines is 3. The van der Waals surface area contributed by atoms with Gasteiger partial charge in [-0.25, -0.2) is 9.36 Å². The standard InChI is InChI=1S/C42H69N17O8.ClH/c1-4-21-65-23-25-67-26-24-66-22-12-46-40-47-41(56-17-13-54(14-18-56)38(63)34(8-6-7-11-43)58-27-32(50-52-58)31(44)29-60)49-42(48-40)57-19-15-55(16-20-57)39(64)35(9-10-36(61)62)59-28-33(51-53-59)37(45)30(3)5-2;/h1,27-28,30-31,34-35,37,60H,5-26,29,43-45H2,2-3H3,(H,61,62)(H,46,47,48,49);1H/p-1/t30-,31?,34+,35+,37?;/m1./s1. The van der Waals surface area contributed by atoms with Gasteiger partial charge in [0.1, 0.15) is 24.4 Å². The number of rotatable bonds is 29. The molecule has 5 atom stereocenters. The van der Waals surface area contributed by atoms with Crippen LogP contribution in [0.15, 0.2) is 12.4 Å². The third kappa shape index (κ3) is 16.1. The van der Waals surface area contributed by atoms with Gasteiger partial charge in [-0.05, 0) is 38.1 Å². The van der Waals surface area contributed by atoms with Crippen LogP contribution in [0.4, 0.5) is 17.8 Å². The van der Waals surface area contributed by atoms with Gasteiger partial charge < -0.3 is 78.9 Å². The molecule has 2 amide bonds. The molecule has 25 nitrogen and oxygen atoms in total. The summed E-state index contributed by atoms with van der Waals surface area (Å²) in [6.45, 7) is 9.86. The Kier molecular flexibility index (Phi) is 23.5. The van der Waals surface area contributed by atoms with Crippen LogP contribution >= 0.6 is 0 Å². The van der Waals surface area contributed by atoms with E-state index in [4.69, 9.17) is 52.8 Å². The normalized spacial score (nSPS) is 16.4. The number of halogens is 1. The first-order chi connectivity index (χ1) is 32.5. The summed E-state index contributed by atoms with van der Waals surface area (Å²) in [6, 6.07) is -2.58. The molecule has 2 aliphatic rings. The van der Waals surface area contributed by atoms with Crippen molar-refractivity contribution in [2.45, 2.75) is 76.5 Å². The number of carboxylic acids is 1. The van der Waals surface area contributed by atoms with E-state index >= 15 is 0 Å². The number of unbranched alkanes of at least 4 members (excludes halogenated alkanes) is 1. The van der Waals surface area contributed by atoms with Crippen molar-refractivity contribution < 1.29 is 51.2 Å². The Labute approximate surface area is 403 Å². The summed E-state index contributed by atoms with van der Waals surface area (Å²) in [5.41, 5.74) is 19.1. The predicted molar refractivity (Wildman–Crippen MR) is 245 cm³/mol. The predicted octanol–water partition coefficient (Wildman–Crippen LogP) is -4.03. The summed E-state index contributed by atoms with van der Waals surface area (Å²) < 4.78 is 19.4. The van der Waals surface area contributed by atoms with E-state index in [1.54, 1.807) is 22.2 Å². The molecule has 68 heavy (non-hydrogen) atoms. The maximum Gasteiger partial charge on any atom is 0.303 e. The van der Waals surface area contributed by atoms with E-state index in [2.05, 4.69) is 31.9 Å².